The van der Waals surface area contributed by atoms with Crippen LogP contribution >= 0.6 is 0 Å². The van der Waals surface area contributed by atoms with Crippen LogP contribution in [-0.2, 0) is 0 Å². The normalized spacial score (nSPS) is 23.2. The Morgan fingerprint density at radius 3 is 2.38 bits per heavy atom. The zero-order valence-corrected chi connectivity index (χ0v) is 16.6. The first-order valence-electron chi connectivity index (χ1n) is 9.98. The molecule has 0 aromatic rings. The second-order valence-corrected chi connectivity index (χ2v) is 7.88. The van der Waals surface area contributed by atoms with Gasteiger partial charge in [0.2, 0.25) is 0 Å². The van der Waals surface area contributed by atoms with E-state index in [0.717, 1.165) is 38.2 Å². The number of hydrogen-bond acceptors (Lipinski definition) is 3. The van der Waals surface area contributed by atoms with Gasteiger partial charge < -0.3 is 10.2 Å². The van der Waals surface area contributed by atoms with Crippen LogP contribution in [0.3, 0.4) is 0 Å². The Labute approximate surface area is 149 Å². The average molecular weight is 338 g/mol. The van der Waals surface area contributed by atoms with E-state index in [1.165, 1.54) is 38.8 Å². The third-order valence-electron chi connectivity index (χ3n) is 5.53. The first kappa shape index (κ1) is 19.5. The Balaban J connectivity index is 1.71. The maximum absolute atomic E-state index is 4.52. The molecule has 0 radical (unpaired) electrons. The number of likely N-dealkylation sites (tertiary alicyclic amines) is 2. The van der Waals surface area contributed by atoms with E-state index in [2.05, 4.69) is 52.7 Å². The molecular formula is C19H39N5. The molecule has 5 nitrogen and oxygen atoms in total. The van der Waals surface area contributed by atoms with Crippen molar-refractivity contribution >= 4 is 5.96 Å². The highest BCUT2D eigenvalue weighted by Crippen LogP contribution is 2.20. The summed E-state index contributed by atoms with van der Waals surface area (Å²) in [6, 6.07) is 1.97. The Kier molecular flexibility index (Phi) is 7.82. The number of guanidine groups is 1. The van der Waals surface area contributed by atoms with E-state index in [4.69, 9.17) is 0 Å². The van der Waals surface area contributed by atoms with Crippen LogP contribution in [0.2, 0.25) is 0 Å². The minimum Gasteiger partial charge on any atom is -0.356 e. The van der Waals surface area contributed by atoms with Gasteiger partial charge in [0, 0.05) is 51.4 Å². The highest BCUT2D eigenvalue weighted by Gasteiger charge is 2.30. The van der Waals surface area contributed by atoms with Gasteiger partial charge >= 0.3 is 0 Å². The summed E-state index contributed by atoms with van der Waals surface area (Å²) in [5, 5.41) is 3.59. The van der Waals surface area contributed by atoms with Crippen LogP contribution in [-0.4, -0.2) is 85.1 Å². The fourth-order valence-corrected chi connectivity index (χ4v) is 4.25. The van der Waals surface area contributed by atoms with Crippen LogP contribution < -0.4 is 5.32 Å². The molecule has 0 aromatic heterocycles. The summed E-state index contributed by atoms with van der Waals surface area (Å²) in [5.41, 5.74) is 0. The fourth-order valence-electron chi connectivity index (χ4n) is 4.25. The summed E-state index contributed by atoms with van der Waals surface area (Å²) in [7, 11) is 1.92. The van der Waals surface area contributed by atoms with Crippen LogP contribution in [0.25, 0.3) is 0 Å². The lowest BCUT2D eigenvalue weighted by Crippen LogP contribution is -2.44. The number of nitrogens with zero attached hydrogens (tertiary/aromatic N) is 4. The lowest BCUT2D eigenvalue weighted by molar-refractivity contribution is 0.173. The van der Waals surface area contributed by atoms with E-state index < -0.39 is 0 Å². The molecule has 0 spiro atoms. The summed E-state index contributed by atoms with van der Waals surface area (Å²) in [6.07, 6.45) is 5.21. The van der Waals surface area contributed by atoms with Crippen molar-refractivity contribution in [2.24, 2.45) is 4.99 Å². The van der Waals surface area contributed by atoms with Gasteiger partial charge in [-0.05, 0) is 66.5 Å². The molecule has 24 heavy (non-hydrogen) atoms. The molecule has 2 aliphatic rings. The first-order valence-corrected chi connectivity index (χ1v) is 9.98. The Hall–Kier alpha value is -0.810. The van der Waals surface area contributed by atoms with Gasteiger partial charge in [-0.1, -0.05) is 0 Å². The summed E-state index contributed by atoms with van der Waals surface area (Å²) in [4.78, 5) is 12.2. The lowest BCUT2D eigenvalue weighted by atomic mass is 10.2. The van der Waals surface area contributed by atoms with E-state index in [9.17, 15) is 0 Å². The van der Waals surface area contributed by atoms with Crippen molar-refractivity contribution in [1.82, 2.24) is 20.0 Å². The predicted octanol–water partition coefficient (Wildman–Crippen LogP) is 2.24. The van der Waals surface area contributed by atoms with Gasteiger partial charge in [-0.3, -0.25) is 14.8 Å². The van der Waals surface area contributed by atoms with E-state index in [1.54, 1.807) is 0 Å². The second kappa shape index (κ2) is 9.62. The van der Waals surface area contributed by atoms with E-state index >= 15 is 0 Å². The fraction of sp³-hybridized carbons (Fsp3) is 0.947. The van der Waals surface area contributed by atoms with Crippen LogP contribution in [0.4, 0.5) is 0 Å². The molecule has 2 aliphatic heterocycles. The van der Waals surface area contributed by atoms with Gasteiger partial charge in [0.25, 0.3) is 0 Å². The van der Waals surface area contributed by atoms with Crippen molar-refractivity contribution < 1.29 is 0 Å². The van der Waals surface area contributed by atoms with E-state index in [1.807, 2.05) is 7.05 Å². The third-order valence-corrected chi connectivity index (χ3v) is 5.53. The standard InChI is InChI=1S/C19H39N5/c1-16(2)24(17(3)4)13-8-10-21-19(20-5)23-14-9-18(15-23)22-11-6-7-12-22/h16-18H,6-15H2,1-5H3,(H,20,21). The van der Waals surface area contributed by atoms with Gasteiger partial charge in [0.05, 0.1) is 0 Å². The maximum atomic E-state index is 4.52. The topological polar surface area (TPSA) is 34.1 Å². The van der Waals surface area contributed by atoms with Gasteiger partial charge in [-0.15, -0.1) is 0 Å². The molecule has 2 fully saturated rings. The molecule has 0 saturated carbocycles. The molecule has 0 aromatic carbocycles. The van der Waals surface area contributed by atoms with Crippen LogP contribution in [0, 0.1) is 0 Å². The number of hydrogen-bond donors (Lipinski definition) is 1. The van der Waals surface area contributed by atoms with Gasteiger partial charge in [0.15, 0.2) is 5.96 Å². The van der Waals surface area contributed by atoms with Gasteiger partial charge in [-0.2, -0.15) is 0 Å². The highest BCUT2D eigenvalue weighted by atomic mass is 15.3. The van der Waals surface area contributed by atoms with Gasteiger partial charge in [0.1, 0.15) is 0 Å². The molecule has 2 rings (SSSR count). The number of aliphatic imine (C=N–C) groups is 1. The van der Waals surface area contributed by atoms with Crippen LogP contribution in [0.15, 0.2) is 4.99 Å². The van der Waals surface area contributed by atoms with E-state index in [0.29, 0.717) is 12.1 Å². The minimum atomic E-state index is 0.615. The molecule has 1 N–H and O–H groups in total. The molecule has 2 heterocycles. The van der Waals surface area contributed by atoms with Crippen molar-refractivity contribution in [2.45, 2.75) is 71.5 Å². The second-order valence-electron chi connectivity index (χ2n) is 7.88. The molecule has 140 valence electrons. The number of rotatable bonds is 7. The minimum absolute atomic E-state index is 0.615. The lowest BCUT2D eigenvalue weighted by Gasteiger charge is -2.30. The third kappa shape index (κ3) is 5.35. The zero-order chi connectivity index (χ0) is 17.5. The predicted molar refractivity (Wildman–Crippen MR) is 104 cm³/mol. The maximum Gasteiger partial charge on any atom is 0.193 e. The van der Waals surface area contributed by atoms with Gasteiger partial charge in [-0.25, -0.2) is 0 Å². The van der Waals surface area contributed by atoms with Crippen molar-refractivity contribution in [1.29, 1.82) is 0 Å². The molecule has 1 unspecified atom stereocenters. The Bertz CT molecular complexity index is 379. The SMILES string of the molecule is CN=C(NCCCN(C(C)C)C(C)C)N1CCC(N2CCCC2)C1. The zero-order valence-electron chi connectivity index (χ0n) is 16.6. The molecule has 0 aliphatic carbocycles. The van der Waals surface area contributed by atoms with E-state index in [-0.39, 0.29) is 0 Å². The van der Waals surface area contributed by atoms with Crippen molar-refractivity contribution in [2.75, 3.05) is 46.3 Å². The first-order chi connectivity index (χ1) is 11.5. The van der Waals surface area contributed by atoms with Crippen molar-refractivity contribution in [3.63, 3.8) is 0 Å². The van der Waals surface area contributed by atoms with Crippen LogP contribution in [0.5, 0.6) is 0 Å². The number of nitrogens with one attached hydrogen (secondary N) is 1. The highest BCUT2D eigenvalue weighted by molar-refractivity contribution is 5.80. The summed E-state index contributed by atoms with van der Waals surface area (Å²) in [6.45, 7) is 16.2. The molecule has 2 saturated heterocycles. The molecule has 0 bridgehead atoms. The summed E-state index contributed by atoms with van der Waals surface area (Å²) in [5.74, 6) is 1.09. The Morgan fingerprint density at radius 2 is 1.79 bits per heavy atom. The monoisotopic (exact) mass is 337 g/mol. The Morgan fingerprint density at radius 1 is 1.12 bits per heavy atom. The van der Waals surface area contributed by atoms with Crippen molar-refractivity contribution in [3.8, 4) is 0 Å². The van der Waals surface area contributed by atoms with Crippen molar-refractivity contribution in [3.05, 3.63) is 0 Å². The smallest absolute Gasteiger partial charge is 0.193 e. The molecule has 0 amide bonds. The molecule has 1 atom stereocenters. The molecule has 5 heteroatoms. The molecular weight excluding hydrogens is 298 g/mol. The largest absolute Gasteiger partial charge is 0.356 e. The van der Waals surface area contributed by atoms with Crippen LogP contribution in [0.1, 0.15) is 53.4 Å². The summed E-state index contributed by atoms with van der Waals surface area (Å²) >= 11 is 0. The summed E-state index contributed by atoms with van der Waals surface area (Å²) < 4.78 is 0. The quantitative estimate of drug-likeness (QED) is 0.439. The average Bonchev–Trinajstić information content (AvgIpc) is 3.20.